The first-order valence-electron chi connectivity index (χ1n) is 8.36. The highest BCUT2D eigenvalue weighted by Gasteiger charge is 2.27. The zero-order valence-electron chi connectivity index (χ0n) is 14.3. The van der Waals surface area contributed by atoms with Crippen molar-refractivity contribution in [2.45, 2.75) is 13.0 Å². The molecule has 3 nitrogen and oxygen atoms in total. The number of hydrogen-bond donors (Lipinski definition) is 1. The number of fused-ring (bicyclic) bond motifs is 1. The van der Waals surface area contributed by atoms with Gasteiger partial charge in [-0.05, 0) is 40.5 Å². The Balaban J connectivity index is 2.01. The van der Waals surface area contributed by atoms with E-state index in [0.29, 0.717) is 5.56 Å². The first-order chi connectivity index (χ1) is 12.1. The summed E-state index contributed by atoms with van der Waals surface area (Å²) in [5.74, 6) is 6.09. The Hall–Kier alpha value is -2.91. The number of benzene rings is 3. The SMILES string of the molecule is C=C[C@@H](C)[C@H](c1ccc2ccccc2c1)N(N)C(=O)c1ccccc1. The number of carbonyl (C=O) groups is 1. The van der Waals surface area contributed by atoms with Gasteiger partial charge in [-0.2, -0.15) is 0 Å². The van der Waals surface area contributed by atoms with Crippen LogP contribution in [0.1, 0.15) is 28.9 Å². The van der Waals surface area contributed by atoms with Gasteiger partial charge in [0, 0.05) is 5.56 Å². The molecular weight excluding hydrogens is 308 g/mol. The molecule has 0 aliphatic rings. The van der Waals surface area contributed by atoms with E-state index in [1.807, 2.05) is 49.4 Å². The van der Waals surface area contributed by atoms with Gasteiger partial charge in [0.05, 0.1) is 6.04 Å². The van der Waals surface area contributed by atoms with Crippen molar-refractivity contribution in [1.82, 2.24) is 5.01 Å². The van der Waals surface area contributed by atoms with E-state index in [1.54, 1.807) is 12.1 Å². The predicted molar refractivity (Wildman–Crippen MR) is 103 cm³/mol. The van der Waals surface area contributed by atoms with E-state index < -0.39 is 0 Å². The summed E-state index contributed by atoms with van der Waals surface area (Å²) in [6.45, 7) is 5.91. The van der Waals surface area contributed by atoms with Gasteiger partial charge in [-0.15, -0.1) is 6.58 Å². The highest BCUT2D eigenvalue weighted by atomic mass is 16.2. The van der Waals surface area contributed by atoms with E-state index in [4.69, 9.17) is 5.84 Å². The standard InChI is InChI=1S/C22H22N2O/c1-3-16(2)21(24(23)22(25)18-10-5-4-6-11-18)20-14-13-17-9-7-8-12-19(17)15-20/h3-16,21H,1,23H2,2H3/t16-,21-/m1/s1. The number of rotatable bonds is 5. The lowest BCUT2D eigenvalue weighted by molar-refractivity contribution is 0.0637. The monoisotopic (exact) mass is 330 g/mol. The summed E-state index contributed by atoms with van der Waals surface area (Å²) in [4.78, 5) is 12.8. The first-order valence-corrected chi connectivity index (χ1v) is 8.36. The van der Waals surface area contributed by atoms with Crippen LogP contribution < -0.4 is 5.84 Å². The highest BCUT2D eigenvalue weighted by Crippen LogP contribution is 2.30. The Kier molecular flexibility index (Phi) is 4.96. The van der Waals surface area contributed by atoms with E-state index in [2.05, 4.69) is 30.8 Å². The fourth-order valence-electron chi connectivity index (χ4n) is 3.09. The molecule has 0 spiro atoms. The second-order valence-electron chi connectivity index (χ2n) is 6.22. The minimum atomic E-state index is -0.283. The quantitative estimate of drug-likeness (QED) is 0.318. The lowest BCUT2D eigenvalue weighted by atomic mass is 9.92. The van der Waals surface area contributed by atoms with Gasteiger partial charge >= 0.3 is 0 Å². The molecule has 0 unspecified atom stereocenters. The van der Waals surface area contributed by atoms with Gasteiger partial charge in [0.2, 0.25) is 0 Å². The third-order valence-corrected chi connectivity index (χ3v) is 4.54. The number of nitrogens with two attached hydrogens (primary N) is 1. The fraction of sp³-hybridized carbons (Fsp3) is 0.136. The van der Waals surface area contributed by atoms with E-state index in [-0.39, 0.29) is 17.9 Å². The molecule has 3 aromatic rings. The third-order valence-electron chi connectivity index (χ3n) is 4.54. The van der Waals surface area contributed by atoms with Gasteiger partial charge in [0.25, 0.3) is 5.91 Å². The van der Waals surface area contributed by atoms with Crippen LogP contribution in [0.15, 0.2) is 85.5 Å². The largest absolute Gasteiger partial charge is 0.268 e. The van der Waals surface area contributed by atoms with Crippen molar-refractivity contribution in [2.24, 2.45) is 11.8 Å². The van der Waals surface area contributed by atoms with Gasteiger partial charge in [-0.25, -0.2) is 5.84 Å². The van der Waals surface area contributed by atoms with E-state index in [9.17, 15) is 4.79 Å². The lowest BCUT2D eigenvalue weighted by Crippen LogP contribution is -2.42. The van der Waals surface area contributed by atoms with Crippen LogP contribution >= 0.6 is 0 Å². The predicted octanol–water partition coefficient (Wildman–Crippen LogP) is 4.72. The number of amides is 1. The van der Waals surface area contributed by atoms with Crippen LogP contribution in [0.25, 0.3) is 10.8 Å². The summed E-state index contributed by atoms with van der Waals surface area (Å²) >= 11 is 0. The maximum Gasteiger partial charge on any atom is 0.268 e. The summed E-state index contributed by atoms with van der Waals surface area (Å²) in [5.41, 5.74) is 1.57. The van der Waals surface area contributed by atoms with Gasteiger partial charge in [-0.1, -0.05) is 67.6 Å². The average Bonchev–Trinajstić information content (AvgIpc) is 2.67. The zero-order valence-corrected chi connectivity index (χ0v) is 14.3. The normalized spacial score (nSPS) is 13.2. The molecule has 25 heavy (non-hydrogen) atoms. The van der Waals surface area contributed by atoms with E-state index in [1.165, 1.54) is 5.01 Å². The molecule has 0 aliphatic carbocycles. The number of hydrogen-bond acceptors (Lipinski definition) is 2. The van der Waals surface area contributed by atoms with Crippen LogP contribution in [0, 0.1) is 5.92 Å². The molecule has 0 fully saturated rings. The number of carbonyl (C=O) groups excluding carboxylic acids is 1. The summed E-state index contributed by atoms with van der Waals surface area (Å²) in [7, 11) is 0. The number of hydrazine groups is 1. The molecule has 0 radical (unpaired) electrons. The minimum Gasteiger partial charge on any atom is -0.268 e. The topological polar surface area (TPSA) is 46.3 Å². The van der Waals surface area contributed by atoms with Gasteiger partial charge in [0.15, 0.2) is 0 Å². The molecule has 0 saturated carbocycles. The van der Waals surface area contributed by atoms with Crippen molar-refractivity contribution >= 4 is 16.7 Å². The maximum atomic E-state index is 12.8. The number of nitrogens with zero attached hydrogens (tertiary/aromatic N) is 1. The minimum absolute atomic E-state index is 0.0128. The van der Waals surface area contributed by atoms with Crippen LogP contribution in [0.4, 0.5) is 0 Å². The first kappa shape index (κ1) is 16.9. The molecule has 3 aromatic carbocycles. The van der Waals surface area contributed by atoms with Crippen LogP contribution in [0.2, 0.25) is 0 Å². The third kappa shape index (κ3) is 3.47. The van der Waals surface area contributed by atoms with Crippen LogP contribution in [-0.2, 0) is 0 Å². The molecule has 3 heteroatoms. The molecule has 0 aromatic heterocycles. The van der Waals surface area contributed by atoms with Gasteiger partial charge in [-0.3, -0.25) is 9.80 Å². The maximum absolute atomic E-state index is 12.8. The molecule has 126 valence electrons. The highest BCUT2D eigenvalue weighted by molar-refractivity contribution is 5.94. The van der Waals surface area contributed by atoms with Crippen molar-refractivity contribution in [1.29, 1.82) is 0 Å². The van der Waals surface area contributed by atoms with E-state index >= 15 is 0 Å². The van der Waals surface area contributed by atoms with Crippen molar-refractivity contribution < 1.29 is 4.79 Å². The summed E-state index contributed by atoms with van der Waals surface area (Å²) in [6.07, 6.45) is 1.83. The molecule has 0 saturated heterocycles. The average molecular weight is 330 g/mol. The second kappa shape index (κ2) is 7.32. The van der Waals surface area contributed by atoms with Gasteiger partial charge in [0.1, 0.15) is 0 Å². The van der Waals surface area contributed by atoms with Crippen molar-refractivity contribution in [3.8, 4) is 0 Å². The smallest absolute Gasteiger partial charge is 0.268 e. The van der Waals surface area contributed by atoms with Crippen LogP contribution in [0.3, 0.4) is 0 Å². The summed E-state index contributed by atoms with van der Waals surface area (Å²) < 4.78 is 0. The molecular formula is C22H22N2O. The van der Waals surface area contributed by atoms with Crippen LogP contribution in [0.5, 0.6) is 0 Å². The Morgan fingerprint density at radius 3 is 2.32 bits per heavy atom. The van der Waals surface area contributed by atoms with Crippen molar-refractivity contribution in [2.75, 3.05) is 0 Å². The van der Waals surface area contributed by atoms with Gasteiger partial charge < -0.3 is 0 Å². The fourth-order valence-corrected chi connectivity index (χ4v) is 3.09. The van der Waals surface area contributed by atoms with E-state index in [0.717, 1.165) is 16.3 Å². The van der Waals surface area contributed by atoms with Crippen molar-refractivity contribution in [3.05, 3.63) is 96.6 Å². The second-order valence-corrected chi connectivity index (χ2v) is 6.22. The molecule has 0 bridgehead atoms. The molecule has 2 N–H and O–H groups in total. The Morgan fingerprint density at radius 2 is 1.64 bits per heavy atom. The van der Waals surface area contributed by atoms with Crippen molar-refractivity contribution in [3.63, 3.8) is 0 Å². The lowest BCUT2D eigenvalue weighted by Gasteiger charge is -2.31. The Bertz CT molecular complexity index is 889. The summed E-state index contributed by atoms with van der Waals surface area (Å²) in [5, 5.41) is 3.61. The van der Waals surface area contributed by atoms with Crippen LogP contribution in [-0.4, -0.2) is 10.9 Å². The Morgan fingerprint density at radius 1 is 1.00 bits per heavy atom. The summed E-state index contributed by atoms with van der Waals surface area (Å²) in [6, 6.07) is 23.2. The molecule has 0 heterocycles. The molecule has 0 aliphatic heterocycles. The molecule has 3 rings (SSSR count). The molecule has 2 atom stereocenters. The zero-order chi connectivity index (χ0) is 17.8. The Labute approximate surface area is 148 Å². The molecule has 1 amide bonds.